The molecule has 0 aliphatic carbocycles. The van der Waals surface area contributed by atoms with Crippen LogP contribution >= 0.6 is 27.5 Å². The molecule has 3 N–H and O–H groups in total. The molecule has 0 aromatic heterocycles. The quantitative estimate of drug-likeness (QED) is 0.361. The summed E-state index contributed by atoms with van der Waals surface area (Å²) in [6.45, 7) is 3.09. The van der Waals surface area contributed by atoms with Crippen molar-refractivity contribution in [2.24, 2.45) is 16.3 Å². The van der Waals surface area contributed by atoms with E-state index in [-0.39, 0.29) is 17.2 Å². The van der Waals surface area contributed by atoms with Gasteiger partial charge >= 0.3 is 0 Å². The summed E-state index contributed by atoms with van der Waals surface area (Å²) in [6, 6.07) is 5.12. The smallest absolute Gasteiger partial charge is 0.255 e. The molecule has 1 aliphatic heterocycles. The van der Waals surface area contributed by atoms with E-state index in [1.165, 1.54) is 0 Å². The van der Waals surface area contributed by atoms with Gasteiger partial charge in [-0.25, -0.2) is 0 Å². The second-order valence-electron chi connectivity index (χ2n) is 5.46. The average Bonchev–Trinajstić information content (AvgIpc) is 2.46. The number of amidine groups is 1. The van der Waals surface area contributed by atoms with Crippen LogP contribution in [0.1, 0.15) is 30.1 Å². The Balaban J connectivity index is 2.10. The molecule has 1 saturated heterocycles. The van der Waals surface area contributed by atoms with Crippen molar-refractivity contribution >= 4 is 39.3 Å². The molecule has 1 aromatic carbocycles. The number of rotatable bonds is 2. The minimum absolute atomic E-state index is 0.0416. The standard InChI is InChI=1S/C14H17BrClN3O2/c1-14(13(17)18-21)4-6-19(7-5-14)12(20)10-3-2-9(16)8-11(10)15/h2-3,8,21H,4-7H2,1H3,(H2,17,18). The number of hydrogen-bond acceptors (Lipinski definition) is 3. The molecule has 0 spiro atoms. The SMILES string of the molecule is CC1(/C(N)=N/O)CCN(C(=O)c2ccc(Cl)cc2Br)CC1. The third-order valence-electron chi connectivity index (χ3n) is 4.04. The molecule has 1 amide bonds. The topological polar surface area (TPSA) is 78.9 Å². The first kappa shape index (κ1) is 16.1. The van der Waals surface area contributed by atoms with Crippen LogP contribution in [0.5, 0.6) is 0 Å². The van der Waals surface area contributed by atoms with Gasteiger partial charge in [0.1, 0.15) is 5.84 Å². The molecule has 0 radical (unpaired) electrons. The molecule has 0 unspecified atom stereocenters. The lowest BCUT2D eigenvalue weighted by molar-refractivity contribution is 0.0665. The zero-order chi connectivity index (χ0) is 15.6. The molecular formula is C14H17BrClN3O2. The number of oxime groups is 1. The van der Waals surface area contributed by atoms with E-state index in [4.69, 9.17) is 22.5 Å². The van der Waals surface area contributed by atoms with Gasteiger partial charge in [-0.2, -0.15) is 0 Å². The molecular weight excluding hydrogens is 358 g/mol. The van der Waals surface area contributed by atoms with E-state index in [1.54, 1.807) is 23.1 Å². The lowest BCUT2D eigenvalue weighted by Gasteiger charge is -2.38. The summed E-state index contributed by atoms with van der Waals surface area (Å²) >= 11 is 9.26. The number of nitrogens with zero attached hydrogens (tertiary/aromatic N) is 2. The zero-order valence-electron chi connectivity index (χ0n) is 11.6. The fourth-order valence-corrected chi connectivity index (χ4v) is 3.27. The van der Waals surface area contributed by atoms with Crippen molar-refractivity contribution in [2.45, 2.75) is 19.8 Å². The number of likely N-dealkylation sites (tertiary alicyclic amines) is 1. The van der Waals surface area contributed by atoms with E-state index < -0.39 is 0 Å². The van der Waals surface area contributed by atoms with E-state index in [0.29, 0.717) is 41.0 Å². The van der Waals surface area contributed by atoms with Crippen LogP contribution in [0.25, 0.3) is 0 Å². The Labute approximate surface area is 136 Å². The van der Waals surface area contributed by atoms with Crippen molar-refractivity contribution in [3.63, 3.8) is 0 Å². The predicted molar refractivity (Wildman–Crippen MR) is 85.8 cm³/mol. The molecule has 1 aliphatic rings. The number of carbonyl (C=O) groups is 1. The van der Waals surface area contributed by atoms with Gasteiger partial charge in [0.25, 0.3) is 5.91 Å². The van der Waals surface area contributed by atoms with Gasteiger partial charge in [-0.05, 0) is 47.0 Å². The Morgan fingerprint density at radius 3 is 2.62 bits per heavy atom. The molecule has 0 saturated carbocycles. The Bertz CT molecular complexity index is 584. The molecule has 1 fully saturated rings. The average molecular weight is 375 g/mol. The van der Waals surface area contributed by atoms with Crippen LogP contribution in [-0.4, -0.2) is 34.9 Å². The number of nitrogens with two attached hydrogens (primary N) is 1. The minimum Gasteiger partial charge on any atom is -0.409 e. The molecule has 114 valence electrons. The number of piperidine rings is 1. The van der Waals surface area contributed by atoms with Crippen molar-refractivity contribution in [1.29, 1.82) is 0 Å². The summed E-state index contributed by atoms with van der Waals surface area (Å²) in [6.07, 6.45) is 1.33. The van der Waals surface area contributed by atoms with E-state index in [1.807, 2.05) is 6.92 Å². The van der Waals surface area contributed by atoms with Crippen LogP contribution in [0.4, 0.5) is 0 Å². The van der Waals surface area contributed by atoms with Gasteiger partial charge in [0.2, 0.25) is 0 Å². The van der Waals surface area contributed by atoms with Crippen molar-refractivity contribution in [3.8, 4) is 0 Å². The third-order valence-corrected chi connectivity index (χ3v) is 4.93. The number of carbonyl (C=O) groups excluding carboxylic acids is 1. The molecule has 5 nitrogen and oxygen atoms in total. The van der Waals surface area contributed by atoms with Gasteiger partial charge in [-0.15, -0.1) is 0 Å². The number of amides is 1. The number of hydrogen-bond donors (Lipinski definition) is 2. The molecule has 1 aromatic rings. The van der Waals surface area contributed by atoms with Crippen LogP contribution in [0.15, 0.2) is 27.8 Å². The van der Waals surface area contributed by atoms with Crippen molar-refractivity contribution in [2.75, 3.05) is 13.1 Å². The summed E-state index contributed by atoms with van der Waals surface area (Å²) in [4.78, 5) is 14.3. The largest absolute Gasteiger partial charge is 0.409 e. The van der Waals surface area contributed by atoms with Crippen molar-refractivity contribution in [3.05, 3.63) is 33.3 Å². The number of benzene rings is 1. The molecule has 2 rings (SSSR count). The van der Waals surface area contributed by atoms with Crippen LogP contribution < -0.4 is 5.73 Å². The lowest BCUT2D eigenvalue weighted by atomic mass is 9.79. The summed E-state index contributed by atoms with van der Waals surface area (Å²) in [7, 11) is 0. The Morgan fingerprint density at radius 1 is 1.48 bits per heavy atom. The van der Waals surface area contributed by atoms with Gasteiger partial charge < -0.3 is 15.8 Å². The summed E-state index contributed by atoms with van der Waals surface area (Å²) in [5, 5.41) is 12.5. The predicted octanol–water partition coefficient (Wildman–Crippen LogP) is 3.09. The fraction of sp³-hybridized carbons (Fsp3) is 0.429. The first-order chi connectivity index (χ1) is 9.87. The summed E-state index contributed by atoms with van der Waals surface area (Å²) in [5.74, 6) is 0.183. The summed E-state index contributed by atoms with van der Waals surface area (Å²) in [5.41, 5.74) is 5.96. The fourth-order valence-electron chi connectivity index (χ4n) is 2.41. The van der Waals surface area contributed by atoms with Gasteiger partial charge in [0.05, 0.1) is 5.56 Å². The minimum atomic E-state index is -0.358. The van der Waals surface area contributed by atoms with Crippen LogP contribution in [0, 0.1) is 5.41 Å². The van der Waals surface area contributed by atoms with Crippen molar-refractivity contribution in [1.82, 2.24) is 4.90 Å². The first-order valence-electron chi connectivity index (χ1n) is 6.60. The third kappa shape index (κ3) is 3.32. The maximum absolute atomic E-state index is 12.5. The lowest BCUT2D eigenvalue weighted by Crippen LogP contribution is -2.47. The highest BCUT2D eigenvalue weighted by molar-refractivity contribution is 9.10. The van der Waals surface area contributed by atoms with Gasteiger partial charge in [0, 0.05) is 28.0 Å². The maximum atomic E-state index is 12.5. The van der Waals surface area contributed by atoms with Crippen LogP contribution in [0.3, 0.4) is 0 Å². The van der Waals surface area contributed by atoms with Gasteiger partial charge in [0.15, 0.2) is 0 Å². The molecule has 0 bridgehead atoms. The van der Waals surface area contributed by atoms with E-state index in [2.05, 4.69) is 21.1 Å². The molecule has 21 heavy (non-hydrogen) atoms. The van der Waals surface area contributed by atoms with Gasteiger partial charge in [-0.1, -0.05) is 23.7 Å². The normalized spacial score (nSPS) is 18.6. The summed E-state index contributed by atoms with van der Waals surface area (Å²) < 4.78 is 0.685. The number of halogens is 2. The Hall–Kier alpha value is -1.27. The highest BCUT2D eigenvalue weighted by atomic mass is 79.9. The first-order valence-corrected chi connectivity index (χ1v) is 7.77. The highest BCUT2D eigenvalue weighted by Crippen LogP contribution is 2.32. The Kier molecular flexibility index (Phi) is 4.78. The van der Waals surface area contributed by atoms with E-state index in [9.17, 15) is 4.79 Å². The molecule has 1 heterocycles. The van der Waals surface area contributed by atoms with Crippen LogP contribution in [-0.2, 0) is 0 Å². The Morgan fingerprint density at radius 2 is 2.10 bits per heavy atom. The van der Waals surface area contributed by atoms with Crippen molar-refractivity contribution < 1.29 is 10.0 Å². The maximum Gasteiger partial charge on any atom is 0.255 e. The second kappa shape index (κ2) is 6.23. The molecule has 0 atom stereocenters. The van der Waals surface area contributed by atoms with E-state index >= 15 is 0 Å². The monoisotopic (exact) mass is 373 g/mol. The van der Waals surface area contributed by atoms with Crippen LogP contribution in [0.2, 0.25) is 5.02 Å². The molecule has 7 heteroatoms. The zero-order valence-corrected chi connectivity index (χ0v) is 14.0. The van der Waals surface area contributed by atoms with Gasteiger partial charge in [-0.3, -0.25) is 4.79 Å². The highest BCUT2D eigenvalue weighted by Gasteiger charge is 2.36. The second-order valence-corrected chi connectivity index (χ2v) is 6.75. The van der Waals surface area contributed by atoms with E-state index in [0.717, 1.165) is 0 Å².